The number of amides is 2. The Hall–Kier alpha value is -3.65. The summed E-state index contributed by atoms with van der Waals surface area (Å²) in [6.07, 6.45) is 2.20. The fourth-order valence-electron chi connectivity index (χ4n) is 5.90. The second-order valence-corrected chi connectivity index (χ2v) is 12.1. The van der Waals surface area contributed by atoms with Crippen molar-refractivity contribution >= 4 is 11.8 Å². The topological polar surface area (TPSA) is 160 Å². The molecule has 13 heteroatoms. The highest BCUT2D eigenvalue weighted by Gasteiger charge is 2.27. The number of aliphatic hydroxyl groups excluding tert-OH is 2. The summed E-state index contributed by atoms with van der Waals surface area (Å²) in [5.74, 6) is 0.637. The van der Waals surface area contributed by atoms with Crippen LogP contribution in [0.25, 0.3) is 0 Å². The molecule has 6 rings (SSSR count). The predicted octanol–water partition coefficient (Wildman–Crippen LogP) is 1.54. The van der Waals surface area contributed by atoms with E-state index in [9.17, 15) is 24.2 Å². The van der Waals surface area contributed by atoms with E-state index < -0.39 is 23.9 Å². The Balaban J connectivity index is 0.000000181. The molecular formula is C33H45FN4O8. The number of benzene rings is 2. The number of β-amino-alcohol motifs (C(OH)–C–C–N with tert-alkyl or cyclic N) is 2. The summed E-state index contributed by atoms with van der Waals surface area (Å²) in [5, 5.41) is 31.8. The van der Waals surface area contributed by atoms with Crippen LogP contribution in [0.15, 0.2) is 24.3 Å². The number of aliphatic hydroxyl groups is 2. The zero-order valence-corrected chi connectivity index (χ0v) is 26.2. The lowest BCUT2D eigenvalue weighted by molar-refractivity contribution is 0.0744. The zero-order chi connectivity index (χ0) is 32.5. The molecule has 12 nitrogen and oxygen atoms in total. The van der Waals surface area contributed by atoms with Gasteiger partial charge in [0.2, 0.25) is 0 Å². The first-order valence-electron chi connectivity index (χ1n) is 16.1. The molecule has 4 heterocycles. The third-order valence-corrected chi connectivity index (χ3v) is 8.52. The molecule has 6 N–H and O–H groups in total. The highest BCUT2D eigenvalue weighted by atomic mass is 19.1. The maximum absolute atomic E-state index is 13.7. The molecule has 252 valence electrons. The van der Waals surface area contributed by atoms with Gasteiger partial charge in [-0.3, -0.25) is 9.59 Å². The van der Waals surface area contributed by atoms with Gasteiger partial charge in [-0.15, -0.1) is 0 Å². The Morgan fingerprint density at radius 3 is 1.76 bits per heavy atom. The smallest absolute Gasteiger partial charge is 0.255 e. The number of piperidine rings is 2. The van der Waals surface area contributed by atoms with E-state index in [0.29, 0.717) is 76.1 Å². The molecule has 0 spiro atoms. The SMILES string of the molecule is Cc1cc2c(c(C(=O)NC[C@H]3CCNC[C@H]3O)c1)OCCCO2.O=C(NC[C@H]1CCNC[C@H]1O)c1cc(F)cc2c1OCCCO2. The monoisotopic (exact) mass is 644 g/mol. The van der Waals surface area contributed by atoms with Gasteiger partial charge in [-0.25, -0.2) is 4.39 Å². The quantitative estimate of drug-likeness (QED) is 0.273. The summed E-state index contributed by atoms with van der Waals surface area (Å²) >= 11 is 0. The molecule has 0 unspecified atom stereocenters. The van der Waals surface area contributed by atoms with E-state index in [1.54, 1.807) is 0 Å². The number of ether oxygens (including phenoxy) is 4. The molecule has 0 radical (unpaired) electrons. The lowest BCUT2D eigenvalue weighted by Crippen LogP contribution is -2.45. The molecule has 46 heavy (non-hydrogen) atoms. The molecule has 4 aliphatic rings. The second-order valence-electron chi connectivity index (χ2n) is 12.1. The highest BCUT2D eigenvalue weighted by Crippen LogP contribution is 2.36. The molecule has 0 aromatic heterocycles. The number of fused-ring (bicyclic) bond motifs is 2. The Kier molecular flexibility index (Phi) is 11.9. The Morgan fingerprint density at radius 1 is 0.761 bits per heavy atom. The number of aryl methyl sites for hydroxylation is 1. The maximum atomic E-state index is 13.7. The normalized spacial score (nSPS) is 23.9. The molecule has 0 aliphatic carbocycles. The van der Waals surface area contributed by atoms with Crippen molar-refractivity contribution in [3.8, 4) is 23.0 Å². The third kappa shape index (κ3) is 8.78. The van der Waals surface area contributed by atoms with Crippen molar-refractivity contribution < 1.29 is 43.1 Å². The first-order valence-corrected chi connectivity index (χ1v) is 16.1. The summed E-state index contributed by atoms with van der Waals surface area (Å²) in [6.45, 7) is 7.51. The summed E-state index contributed by atoms with van der Waals surface area (Å²) in [4.78, 5) is 25.0. The average Bonchev–Trinajstić information content (AvgIpc) is 3.44. The van der Waals surface area contributed by atoms with E-state index in [2.05, 4.69) is 21.3 Å². The van der Waals surface area contributed by atoms with Crippen molar-refractivity contribution in [2.24, 2.45) is 11.8 Å². The van der Waals surface area contributed by atoms with Gasteiger partial charge in [-0.1, -0.05) is 0 Å². The lowest BCUT2D eigenvalue weighted by atomic mass is 9.95. The fourth-order valence-corrected chi connectivity index (χ4v) is 5.90. The summed E-state index contributed by atoms with van der Waals surface area (Å²) < 4.78 is 36.1. The van der Waals surface area contributed by atoms with Crippen molar-refractivity contribution in [2.45, 2.75) is 44.8 Å². The van der Waals surface area contributed by atoms with Crippen molar-refractivity contribution in [3.63, 3.8) is 0 Å². The van der Waals surface area contributed by atoms with Crippen LogP contribution in [0.1, 0.15) is 52.0 Å². The zero-order valence-electron chi connectivity index (χ0n) is 26.2. The van der Waals surface area contributed by atoms with Crippen LogP contribution in [-0.2, 0) is 0 Å². The van der Waals surface area contributed by atoms with Crippen LogP contribution in [-0.4, -0.2) is 99.9 Å². The Morgan fingerprint density at radius 2 is 1.24 bits per heavy atom. The first-order chi connectivity index (χ1) is 22.3. The molecule has 0 saturated carbocycles. The maximum Gasteiger partial charge on any atom is 0.255 e. The van der Waals surface area contributed by atoms with E-state index in [4.69, 9.17) is 18.9 Å². The molecule has 2 fully saturated rings. The largest absolute Gasteiger partial charge is 0.490 e. The molecule has 0 bridgehead atoms. The average molecular weight is 645 g/mol. The van der Waals surface area contributed by atoms with Gasteiger partial charge in [-0.2, -0.15) is 0 Å². The minimum absolute atomic E-state index is 0.00969. The van der Waals surface area contributed by atoms with Gasteiger partial charge >= 0.3 is 0 Å². The minimum atomic E-state index is -0.540. The van der Waals surface area contributed by atoms with Crippen molar-refractivity contribution in [3.05, 3.63) is 46.8 Å². The molecule has 2 saturated heterocycles. The summed E-state index contributed by atoms with van der Waals surface area (Å²) in [7, 11) is 0. The van der Waals surface area contributed by atoms with Gasteiger partial charge in [0.05, 0.1) is 49.8 Å². The van der Waals surface area contributed by atoms with Gasteiger partial charge in [0.15, 0.2) is 23.0 Å². The van der Waals surface area contributed by atoms with Crippen molar-refractivity contribution in [2.75, 3.05) is 65.7 Å². The molecule has 2 aromatic rings. The van der Waals surface area contributed by atoms with Crippen LogP contribution in [0.4, 0.5) is 4.39 Å². The van der Waals surface area contributed by atoms with Gasteiger partial charge in [-0.05, 0) is 56.6 Å². The van der Waals surface area contributed by atoms with Crippen LogP contribution in [0.2, 0.25) is 0 Å². The van der Waals surface area contributed by atoms with Crippen LogP contribution < -0.4 is 40.2 Å². The number of halogens is 1. The first kappa shape index (κ1) is 33.7. The lowest BCUT2D eigenvalue weighted by Gasteiger charge is -2.28. The number of carbonyl (C=O) groups excluding carboxylic acids is 2. The molecular weight excluding hydrogens is 599 g/mol. The number of hydrogen-bond donors (Lipinski definition) is 6. The van der Waals surface area contributed by atoms with Gasteiger partial charge in [0.25, 0.3) is 11.8 Å². The van der Waals surface area contributed by atoms with Crippen LogP contribution >= 0.6 is 0 Å². The summed E-state index contributed by atoms with van der Waals surface area (Å²) in [5.41, 5.74) is 1.59. The van der Waals surface area contributed by atoms with Gasteiger partial charge in [0, 0.05) is 56.9 Å². The summed E-state index contributed by atoms with van der Waals surface area (Å²) in [6, 6.07) is 6.10. The Bertz CT molecular complexity index is 1260. The van der Waals surface area contributed by atoms with E-state index in [1.807, 2.05) is 19.1 Å². The van der Waals surface area contributed by atoms with Crippen LogP contribution in [0.5, 0.6) is 23.0 Å². The van der Waals surface area contributed by atoms with E-state index in [1.165, 1.54) is 6.07 Å². The van der Waals surface area contributed by atoms with Crippen LogP contribution in [0, 0.1) is 24.6 Å². The van der Waals surface area contributed by atoms with Crippen LogP contribution in [0.3, 0.4) is 0 Å². The Labute approximate surface area is 268 Å². The van der Waals surface area contributed by atoms with E-state index >= 15 is 0 Å². The predicted molar refractivity (Wildman–Crippen MR) is 167 cm³/mol. The van der Waals surface area contributed by atoms with Crippen molar-refractivity contribution in [1.82, 2.24) is 21.3 Å². The minimum Gasteiger partial charge on any atom is -0.490 e. The number of hydrogen-bond acceptors (Lipinski definition) is 10. The number of rotatable bonds is 6. The van der Waals surface area contributed by atoms with Gasteiger partial charge in [0.1, 0.15) is 5.82 Å². The number of nitrogens with one attached hydrogen (secondary N) is 4. The van der Waals surface area contributed by atoms with E-state index in [-0.39, 0.29) is 34.8 Å². The highest BCUT2D eigenvalue weighted by molar-refractivity contribution is 5.98. The molecule has 4 aliphatic heterocycles. The molecule has 2 aromatic carbocycles. The van der Waals surface area contributed by atoms with E-state index in [0.717, 1.165) is 44.0 Å². The standard InChI is InChI=1S/C17H24N2O4.C16H21FN2O4/c1-11-7-13(16-15(8-11)22-5-2-6-23-16)17(21)19-9-12-3-4-18-10-14(12)20;17-11-6-12(15-14(7-11)22-4-1-5-23-15)16(21)19-8-10-2-3-18-9-13(10)20/h7-8,12,14,18,20H,2-6,9-10H2,1H3,(H,19,21);6-7,10,13,18,20H,1-5,8-9H2,(H,19,21)/t12-,14-;10-,13-/m11/s1. The molecule has 2 amide bonds. The van der Waals surface area contributed by atoms with Crippen molar-refractivity contribution in [1.29, 1.82) is 0 Å². The molecule has 4 atom stereocenters. The number of carbonyl (C=O) groups is 2. The van der Waals surface area contributed by atoms with Gasteiger partial charge < -0.3 is 50.4 Å². The second kappa shape index (κ2) is 16.3. The third-order valence-electron chi connectivity index (χ3n) is 8.52. The fraction of sp³-hybridized carbons (Fsp3) is 0.576.